The van der Waals surface area contributed by atoms with Gasteiger partial charge in [-0.1, -0.05) is 37.6 Å². The fourth-order valence-electron chi connectivity index (χ4n) is 9.33. The van der Waals surface area contributed by atoms with Crippen molar-refractivity contribution in [1.82, 2.24) is 20.0 Å². The number of nitrogens with one attached hydrogen (secondary N) is 1. The van der Waals surface area contributed by atoms with E-state index in [1.807, 2.05) is 6.07 Å². The zero-order valence-corrected chi connectivity index (χ0v) is 36.5. The number of benzene rings is 2. The van der Waals surface area contributed by atoms with Crippen molar-refractivity contribution >= 4 is 23.1 Å². The summed E-state index contributed by atoms with van der Waals surface area (Å²) in [5.41, 5.74) is 3.83. The number of aryl methyl sites for hydroxylation is 1. The number of nitriles is 1. The molecule has 2 aromatic carbocycles. The molecule has 0 bridgehead atoms. The van der Waals surface area contributed by atoms with Crippen molar-refractivity contribution in [2.75, 3.05) is 94.9 Å². The third-order valence-electron chi connectivity index (χ3n) is 13.0. The number of halogens is 2. The highest BCUT2D eigenvalue weighted by molar-refractivity contribution is 5.77. The van der Waals surface area contributed by atoms with Gasteiger partial charge in [0, 0.05) is 95.1 Å². The third kappa shape index (κ3) is 16.1. The first-order valence-corrected chi connectivity index (χ1v) is 22.9. The Balaban J connectivity index is 0.000000227. The summed E-state index contributed by atoms with van der Waals surface area (Å²) in [6, 6.07) is 18.2. The second-order valence-corrected chi connectivity index (χ2v) is 17.8. The molecule has 0 radical (unpaired) electrons. The van der Waals surface area contributed by atoms with Gasteiger partial charge in [-0.3, -0.25) is 24.3 Å². The van der Waals surface area contributed by atoms with Crippen LogP contribution >= 0.6 is 0 Å². The molecule has 9 nitrogen and oxygen atoms in total. The molecule has 3 heterocycles. The van der Waals surface area contributed by atoms with Gasteiger partial charge < -0.3 is 15.1 Å². The molecule has 3 saturated heterocycles. The Morgan fingerprint density at radius 2 is 1.32 bits per heavy atom. The molecule has 3 aliphatic heterocycles. The van der Waals surface area contributed by atoms with Gasteiger partial charge in [-0.25, -0.2) is 8.78 Å². The lowest BCUT2D eigenvalue weighted by molar-refractivity contribution is -0.122. The number of rotatable bonds is 17. The summed E-state index contributed by atoms with van der Waals surface area (Å²) in [6.07, 6.45) is 13.3. The summed E-state index contributed by atoms with van der Waals surface area (Å²) in [7, 11) is 0. The number of hydrogen-bond acceptors (Lipinski definition) is 8. The molecule has 0 spiro atoms. The van der Waals surface area contributed by atoms with Gasteiger partial charge in [0.05, 0.1) is 12.6 Å². The van der Waals surface area contributed by atoms with Crippen LogP contribution in [0.5, 0.6) is 0 Å². The predicted octanol–water partition coefficient (Wildman–Crippen LogP) is 8.13. The van der Waals surface area contributed by atoms with Gasteiger partial charge in [0.25, 0.3) is 5.92 Å². The van der Waals surface area contributed by atoms with Crippen LogP contribution in [-0.4, -0.2) is 118 Å². The summed E-state index contributed by atoms with van der Waals surface area (Å²) >= 11 is 0. The monoisotopic (exact) mass is 818 g/mol. The number of piperazine rings is 2. The maximum Gasteiger partial charge on any atom is 0.270 e. The fourth-order valence-corrected chi connectivity index (χ4v) is 9.33. The lowest BCUT2D eigenvalue weighted by atomic mass is 9.84. The second kappa shape index (κ2) is 24.0. The predicted molar refractivity (Wildman–Crippen MR) is 236 cm³/mol. The topological polar surface area (TPSA) is 86.2 Å². The van der Waals surface area contributed by atoms with E-state index in [-0.39, 0.29) is 17.5 Å². The van der Waals surface area contributed by atoms with Crippen molar-refractivity contribution in [2.24, 2.45) is 11.8 Å². The average Bonchev–Trinajstić information content (AvgIpc) is 3.24. The molecular weight excluding hydrogens is 745 g/mol. The number of alkyl halides is 2. The van der Waals surface area contributed by atoms with E-state index in [0.29, 0.717) is 37.5 Å². The highest BCUT2D eigenvalue weighted by Gasteiger charge is 2.27. The maximum atomic E-state index is 13.6. The van der Waals surface area contributed by atoms with E-state index < -0.39 is 5.92 Å². The molecule has 4 fully saturated rings. The lowest BCUT2D eigenvalue weighted by Gasteiger charge is -2.37. The number of amides is 1. The molecule has 59 heavy (non-hydrogen) atoms. The van der Waals surface area contributed by atoms with Crippen LogP contribution in [0, 0.1) is 23.2 Å². The van der Waals surface area contributed by atoms with Gasteiger partial charge in [-0.15, -0.1) is 0 Å². The Morgan fingerprint density at radius 3 is 1.86 bits per heavy atom. The Morgan fingerprint density at radius 1 is 0.763 bits per heavy atom. The molecule has 0 atom stereocenters. The summed E-state index contributed by atoms with van der Waals surface area (Å²) in [5.74, 6) is -0.877. The van der Waals surface area contributed by atoms with E-state index in [9.17, 15) is 18.4 Å². The van der Waals surface area contributed by atoms with Crippen molar-refractivity contribution in [3.05, 3.63) is 59.7 Å². The summed E-state index contributed by atoms with van der Waals surface area (Å²) in [6.45, 7) is 18.4. The van der Waals surface area contributed by atoms with Gasteiger partial charge in [0.1, 0.15) is 5.78 Å². The number of ketones is 1. The SMILES string of the molecule is CC(F)(F)c1cccc(N2CCN(CCC3CCC(NC(=O)CCCC#N)CC3)CC2)c1.CCCc1cccc(N2CCN(CCC3CCN(CC(C)=O)CC3)CC2)c1. The minimum Gasteiger partial charge on any atom is -0.369 e. The zero-order chi connectivity index (χ0) is 42.0. The first-order chi connectivity index (χ1) is 28.5. The molecule has 1 aliphatic carbocycles. The molecule has 1 saturated carbocycles. The highest BCUT2D eigenvalue weighted by atomic mass is 19.3. The Labute approximate surface area is 354 Å². The smallest absolute Gasteiger partial charge is 0.270 e. The van der Waals surface area contributed by atoms with E-state index >= 15 is 0 Å². The zero-order valence-electron chi connectivity index (χ0n) is 36.5. The van der Waals surface area contributed by atoms with Crippen LogP contribution < -0.4 is 15.1 Å². The maximum absolute atomic E-state index is 13.6. The number of unbranched alkanes of at least 4 members (excludes halogenated alkanes) is 1. The highest BCUT2D eigenvalue weighted by Crippen LogP contribution is 2.31. The first-order valence-electron chi connectivity index (χ1n) is 22.9. The van der Waals surface area contributed by atoms with Gasteiger partial charge in [0.2, 0.25) is 5.91 Å². The number of nitrogens with zero attached hydrogens (tertiary/aromatic N) is 6. The van der Waals surface area contributed by atoms with Crippen LogP contribution in [0.25, 0.3) is 0 Å². The summed E-state index contributed by atoms with van der Waals surface area (Å²) < 4.78 is 27.3. The Hall–Kier alpha value is -3.59. The standard InChI is InChI=1S/C25H36F2N4O.C23H37N3O/c1-25(26,27)21-5-4-6-23(19-21)31-17-15-30(16-18-31)14-12-20-8-10-22(11-9-20)29-24(32)7-2-3-13-28;1-3-5-22-6-4-7-23(18-22)26-16-14-24(15-17-26)11-8-21-9-12-25(13-10-21)19-20(2)27/h4-6,19-20,22H,2-3,7-12,14-18H2,1H3,(H,29,32);4,6-7,18,21H,3,5,8-17,19H2,1-2H3. The number of hydrogen-bond donors (Lipinski definition) is 1. The van der Waals surface area contributed by atoms with Crippen LogP contribution in [0.1, 0.15) is 109 Å². The summed E-state index contributed by atoms with van der Waals surface area (Å²) in [4.78, 5) is 35.4. The molecule has 1 N–H and O–H groups in total. The van der Waals surface area contributed by atoms with E-state index in [1.165, 1.54) is 75.5 Å². The van der Waals surface area contributed by atoms with Crippen LogP contribution in [0.2, 0.25) is 0 Å². The Bertz CT molecular complexity index is 1600. The number of piperidine rings is 1. The number of carbonyl (C=O) groups excluding carboxylic acids is 2. The minimum absolute atomic E-state index is 0.0754. The summed E-state index contributed by atoms with van der Waals surface area (Å²) in [5, 5.41) is 11.7. The average molecular weight is 818 g/mol. The van der Waals surface area contributed by atoms with Crippen LogP contribution in [0.15, 0.2) is 48.5 Å². The lowest BCUT2D eigenvalue weighted by Crippen LogP contribution is -2.47. The minimum atomic E-state index is -2.81. The van der Waals surface area contributed by atoms with E-state index in [2.05, 4.69) is 67.1 Å². The molecule has 326 valence electrons. The molecule has 0 unspecified atom stereocenters. The van der Waals surface area contributed by atoms with Crippen molar-refractivity contribution in [2.45, 2.75) is 116 Å². The number of anilines is 2. The first kappa shape index (κ1) is 46.5. The fraction of sp³-hybridized carbons (Fsp3) is 0.688. The number of carbonyl (C=O) groups is 2. The number of Topliss-reactive ketones (excluding diaryl/α,β-unsaturated/α-hetero) is 1. The number of likely N-dealkylation sites (tertiary alicyclic amines) is 1. The quantitative estimate of drug-likeness (QED) is 0.160. The van der Waals surface area contributed by atoms with Gasteiger partial charge in [-0.2, -0.15) is 5.26 Å². The molecule has 4 aliphatic rings. The van der Waals surface area contributed by atoms with Crippen molar-refractivity contribution in [3.8, 4) is 6.07 Å². The molecule has 6 rings (SSSR count). The molecule has 2 aromatic rings. The Kier molecular flexibility index (Phi) is 18.9. The van der Waals surface area contributed by atoms with E-state index in [1.54, 1.807) is 19.1 Å². The molecule has 1 amide bonds. The van der Waals surface area contributed by atoms with Gasteiger partial charge in [-0.05, 0) is 139 Å². The van der Waals surface area contributed by atoms with Crippen molar-refractivity contribution in [1.29, 1.82) is 5.26 Å². The molecular formula is C48H73F2N7O2. The normalized spacial score (nSPS) is 21.4. The largest absolute Gasteiger partial charge is 0.369 e. The van der Waals surface area contributed by atoms with E-state index in [4.69, 9.17) is 5.26 Å². The van der Waals surface area contributed by atoms with Crippen LogP contribution in [-0.2, 0) is 21.9 Å². The van der Waals surface area contributed by atoms with E-state index in [0.717, 1.165) is 103 Å². The van der Waals surface area contributed by atoms with Gasteiger partial charge in [0.15, 0.2) is 0 Å². The van der Waals surface area contributed by atoms with Crippen molar-refractivity contribution in [3.63, 3.8) is 0 Å². The van der Waals surface area contributed by atoms with Crippen LogP contribution in [0.4, 0.5) is 20.2 Å². The second-order valence-electron chi connectivity index (χ2n) is 17.8. The van der Waals surface area contributed by atoms with Gasteiger partial charge >= 0.3 is 0 Å². The van der Waals surface area contributed by atoms with Crippen LogP contribution in [0.3, 0.4) is 0 Å². The van der Waals surface area contributed by atoms with Crippen molar-refractivity contribution < 1.29 is 18.4 Å². The molecule has 0 aromatic heterocycles. The molecule has 11 heteroatoms. The third-order valence-corrected chi connectivity index (χ3v) is 13.0.